The number of nitrogens with zero attached hydrogens (tertiary/aromatic N) is 1. The highest BCUT2D eigenvalue weighted by atomic mass is 16.9. The molecule has 9 nitrogen and oxygen atoms in total. The van der Waals surface area contributed by atoms with E-state index in [1.807, 2.05) is 0 Å². The van der Waals surface area contributed by atoms with Gasteiger partial charge in [0.05, 0.1) is 11.1 Å². The summed E-state index contributed by atoms with van der Waals surface area (Å²) >= 11 is 0. The third-order valence-corrected chi connectivity index (χ3v) is 4.43. The van der Waals surface area contributed by atoms with Gasteiger partial charge in [-0.2, -0.15) is 0 Å². The Morgan fingerprint density at radius 2 is 1.73 bits per heavy atom. The monoisotopic (exact) mass is 313 g/mol. The van der Waals surface area contributed by atoms with E-state index in [0.29, 0.717) is 11.1 Å². The van der Waals surface area contributed by atoms with Gasteiger partial charge in [-0.15, -0.1) is 0 Å². The second-order valence-electron chi connectivity index (χ2n) is 5.66. The molecule has 120 valence electrons. The molecule has 3 aliphatic rings. The molecule has 5 atom stereocenters. The van der Waals surface area contributed by atoms with Crippen molar-refractivity contribution < 1.29 is 39.1 Å². The molecule has 1 aromatic rings. The smallest absolute Gasteiger partial charge is 0.323 e. The van der Waals surface area contributed by atoms with Crippen LogP contribution in [0.2, 0.25) is 0 Å². The van der Waals surface area contributed by atoms with Crippen molar-refractivity contribution in [2.45, 2.75) is 43.9 Å². The Hall–Kier alpha value is -1.81. The SMILES string of the molecule is COC1(C)OC2C3O[C@@H](c4c3c(O)n(CC(=O)O)c4O)[C@H]2O1. The molecule has 3 N–H and O–H groups in total. The molecule has 2 bridgehead atoms. The third kappa shape index (κ3) is 1.53. The van der Waals surface area contributed by atoms with Crippen molar-refractivity contribution >= 4 is 5.97 Å². The average molecular weight is 313 g/mol. The highest BCUT2D eigenvalue weighted by Gasteiger charge is 2.64. The molecule has 1 aromatic heterocycles. The molecule has 22 heavy (non-hydrogen) atoms. The summed E-state index contributed by atoms with van der Waals surface area (Å²) in [5.41, 5.74) is 0.711. The number of carboxylic acids is 1. The van der Waals surface area contributed by atoms with E-state index in [4.69, 9.17) is 24.1 Å². The maximum Gasteiger partial charge on any atom is 0.323 e. The van der Waals surface area contributed by atoms with Gasteiger partial charge in [0.15, 0.2) is 0 Å². The van der Waals surface area contributed by atoms with Crippen LogP contribution in [0.25, 0.3) is 0 Å². The molecule has 2 saturated heterocycles. The summed E-state index contributed by atoms with van der Waals surface area (Å²) in [7, 11) is 1.45. The van der Waals surface area contributed by atoms with E-state index in [2.05, 4.69) is 0 Å². The molecule has 0 saturated carbocycles. The molecule has 2 fully saturated rings. The normalized spacial score (nSPS) is 38.3. The lowest BCUT2D eigenvalue weighted by atomic mass is 9.90. The molecular formula is C13H15NO8. The summed E-state index contributed by atoms with van der Waals surface area (Å²) in [6.07, 6.45) is -2.26. The van der Waals surface area contributed by atoms with Crippen LogP contribution in [0.3, 0.4) is 0 Å². The predicted octanol–water partition coefficient (Wildman–Crippen LogP) is 0.214. The summed E-state index contributed by atoms with van der Waals surface area (Å²) in [6.45, 7) is 1.08. The number of rotatable bonds is 3. The first-order chi connectivity index (χ1) is 10.4. The van der Waals surface area contributed by atoms with E-state index in [1.54, 1.807) is 6.92 Å². The van der Waals surface area contributed by atoms with Crippen molar-refractivity contribution in [1.29, 1.82) is 0 Å². The lowest BCUT2D eigenvalue weighted by Crippen LogP contribution is -2.30. The quantitative estimate of drug-likeness (QED) is 0.724. The number of ether oxygens (including phenoxy) is 4. The van der Waals surface area contributed by atoms with Crippen LogP contribution in [-0.2, 0) is 30.3 Å². The third-order valence-electron chi connectivity index (χ3n) is 4.43. The van der Waals surface area contributed by atoms with Crippen molar-refractivity contribution in [1.82, 2.24) is 4.57 Å². The number of hydrogen-bond acceptors (Lipinski definition) is 7. The van der Waals surface area contributed by atoms with E-state index < -0.39 is 42.9 Å². The first-order valence-corrected chi connectivity index (χ1v) is 6.78. The molecule has 3 aliphatic heterocycles. The lowest BCUT2D eigenvalue weighted by Gasteiger charge is -2.23. The molecule has 4 heterocycles. The molecule has 9 heteroatoms. The zero-order valence-electron chi connectivity index (χ0n) is 11.8. The minimum absolute atomic E-state index is 0.324. The molecule has 0 amide bonds. The van der Waals surface area contributed by atoms with Crippen LogP contribution in [0, 0.1) is 0 Å². The number of hydrogen-bond donors (Lipinski definition) is 3. The zero-order valence-corrected chi connectivity index (χ0v) is 11.8. The van der Waals surface area contributed by atoms with Crippen molar-refractivity contribution in [3.8, 4) is 11.8 Å². The van der Waals surface area contributed by atoms with Crippen LogP contribution in [0.1, 0.15) is 30.3 Å². The highest BCUT2D eigenvalue weighted by molar-refractivity contribution is 5.68. The lowest BCUT2D eigenvalue weighted by molar-refractivity contribution is -0.331. The Morgan fingerprint density at radius 1 is 1.23 bits per heavy atom. The van der Waals surface area contributed by atoms with Crippen LogP contribution >= 0.6 is 0 Å². The number of aromatic nitrogens is 1. The van der Waals surface area contributed by atoms with Gasteiger partial charge in [0.1, 0.15) is 31.0 Å². The van der Waals surface area contributed by atoms with E-state index in [0.717, 1.165) is 4.57 Å². The first-order valence-electron chi connectivity index (χ1n) is 6.78. The number of methoxy groups -OCH3 is 1. The second-order valence-corrected chi connectivity index (χ2v) is 5.66. The number of carbonyl (C=O) groups is 1. The minimum Gasteiger partial charge on any atom is -0.494 e. The number of fused-ring (bicyclic) bond motifs is 8. The van der Waals surface area contributed by atoms with Crippen molar-refractivity contribution in [2.24, 2.45) is 0 Å². The van der Waals surface area contributed by atoms with Crippen LogP contribution in [0.4, 0.5) is 0 Å². The van der Waals surface area contributed by atoms with Gasteiger partial charge in [0.25, 0.3) is 5.97 Å². The van der Waals surface area contributed by atoms with Gasteiger partial charge in [-0.3, -0.25) is 9.36 Å². The highest BCUT2D eigenvalue weighted by Crippen LogP contribution is 2.62. The second kappa shape index (κ2) is 4.13. The largest absolute Gasteiger partial charge is 0.494 e. The maximum atomic E-state index is 10.9. The van der Waals surface area contributed by atoms with Crippen molar-refractivity contribution in [3.63, 3.8) is 0 Å². The molecular weight excluding hydrogens is 298 g/mol. The summed E-state index contributed by atoms with van der Waals surface area (Å²) < 4.78 is 23.2. The van der Waals surface area contributed by atoms with E-state index in [-0.39, 0.29) is 11.8 Å². The average Bonchev–Trinajstić information content (AvgIpc) is 3.14. The van der Waals surface area contributed by atoms with Gasteiger partial charge in [0.2, 0.25) is 11.8 Å². The molecule has 4 rings (SSSR count). The number of carboxylic acid groups (broad SMARTS) is 1. The van der Waals surface area contributed by atoms with Gasteiger partial charge in [-0.25, -0.2) is 0 Å². The predicted molar refractivity (Wildman–Crippen MR) is 67.1 cm³/mol. The van der Waals surface area contributed by atoms with Crippen LogP contribution in [-0.4, -0.2) is 51.1 Å². The summed E-state index contributed by atoms with van der Waals surface area (Å²) in [4.78, 5) is 10.9. The topological polar surface area (TPSA) is 120 Å². The molecule has 0 aliphatic carbocycles. The van der Waals surface area contributed by atoms with E-state index in [1.165, 1.54) is 7.11 Å². The van der Waals surface area contributed by atoms with Crippen LogP contribution < -0.4 is 0 Å². The van der Waals surface area contributed by atoms with E-state index in [9.17, 15) is 15.0 Å². The van der Waals surface area contributed by atoms with Gasteiger partial charge in [0, 0.05) is 14.0 Å². The standard InChI is InChI=1S/C13H15NO8/c1-13(19-2)21-9-7-5-6(8(20-7)10(9)22-13)12(18)14(11(5)17)3-4(15)16/h7-10,17-18H,3H2,1-2H3,(H,15,16)/t7-,8?,9+,10?,13?/m0/s1. The van der Waals surface area contributed by atoms with E-state index >= 15 is 0 Å². The fourth-order valence-corrected chi connectivity index (χ4v) is 3.48. The Balaban J connectivity index is 1.76. The molecule has 3 unspecified atom stereocenters. The Morgan fingerprint density at radius 3 is 2.14 bits per heavy atom. The van der Waals surface area contributed by atoms with Gasteiger partial charge in [-0.05, 0) is 0 Å². The van der Waals surface area contributed by atoms with Gasteiger partial charge < -0.3 is 34.3 Å². The van der Waals surface area contributed by atoms with Crippen molar-refractivity contribution in [3.05, 3.63) is 11.1 Å². The number of aliphatic carboxylic acids is 1. The first kappa shape index (κ1) is 13.8. The van der Waals surface area contributed by atoms with Gasteiger partial charge >= 0.3 is 5.97 Å². The molecule has 0 spiro atoms. The summed E-state index contributed by atoms with van der Waals surface area (Å²) in [5.74, 6) is -3.03. The van der Waals surface area contributed by atoms with Crippen LogP contribution in [0.15, 0.2) is 0 Å². The van der Waals surface area contributed by atoms with Crippen LogP contribution in [0.5, 0.6) is 11.8 Å². The molecule has 0 aromatic carbocycles. The summed E-state index contributed by atoms with van der Waals surface area (Å²) in [6, 6.07) is 0. The number of aromatic hydroxyl groups is 2. The van der Waals surface area contributed by atoms with Gasteiger partial charge in [-0.1, -0.05) is 0 Å². The van der Waals surface area contributed by atoms with Crippen molar-refractivity contribution in [2.75, 3.05) is 7.11 Å². The fraction of sp³-hybridized carbons (Fsp3) is 0.615. The molecule has 0 radical (unpaired) electrons. The summed E-state index contributed by atoms with van der Waals surface area (Å²) in [5, 5.41) is 29.4. The fourth-order valence-electron chi connectivity index (χ4n) is 3.48. The minimum atomic E-state index is -1.21. The zero-order chi connectivity index (χ0) is 15.8. The Bertz CT molecular complexity index is 626. The maximum absolute atomic E-state index is 10.9. The Labute approximate surface area is 124 Å². The Kier molecular flexibility index (Phi) is 2.60.